The van der Waals surface area contributed by atoms with Crippen molar-refractivity contribution in [2.24, 2.45) is 0 Å². The van der Waals surface area contributed by atoms with Crippen LogP contribution < -0.4 is 10.6 Å². The minimum atomic E-state index is -0.131. The molecular weight excluding hydrogens is 252 g/mol. The lowest BCUT2D eigenvalue weighted by Crippen LogP contribution is -2.16. The molecule has 0 fully saturated rings. The molecular formula is C15H20N4O. The van der Waals surface area contributed by atoms with Gasteiger partial charge in [-0.2, -0.15) is 5.10 Å². The molecule has 0 radical (unpaired) electrons. The van der Waals surface area contributed by atoms with Gasteiger partial charge in [-0.1, -0.05) is 25.1 Å². The number of anilines is 1. The molecule has 0 saturated heterocycles. The van der Waals surface area contributed by atoms with Gasteiger partial charge in [-0.15, -0.1) is 0 Å². The van der Waals surface area contributed by atoms with Gasteiger partial charge in [-0.05, 0) is 25.1 Å². The van der Waals surface area contributed by atoms with E-state index < -0.39 is 0 Å². The fraction of sp³-hybridized carbons (Fsp3) is 0.333. The Morgan fingerprint density at radius 3 is 2.80 bits per heavy atom. The van der Waals surface area contributed by atoms with Crippen molar-refractivity contribution in [3.8, 4) is 0 Å². The van der Waals surface area contributed by atoms with E-state index >= 15 is 0 Å². The van der Waals surface area contributed by atoms with Gasteiger partial charge in [0.05, 0.1) is 11.8 Å². The first kappa shape index (κ1) is 14.3. The van der Waals surface area contributed by atoms with Gasteiger partial charge in [0.1, 0.15) is 0 Å². The first-order chi connectivity index (χ1) is 9.74. The third kappa shape index (κ3) is 3.45. The summed E-state index contributed by atoms with van der Waals surface area (Å²) in [7, 11) is 0. The molecule has 0 aliphatic rings. The van der Waals surface area contributed by atoms with Crippen LogP contribution >= 0.6 is 0 Å². The molecule has 1 aromatic carbocycles. The van der Waals surface area contributed by atoms with E-state index in [1.54, 1.807) is 17.1 Å². The van der Waals surface area contributed by atoms with Gasteiger partial charge in [0, 0.05) is 25.0 Å². The van der Waals surface area contributed by atoms with Gasteiger partial charge in [0.25, 0.3) is 5.91 Å². The number of hydrogen-bond donors (Lipinski definition) is 2. The number of carbonyl (C=O) groups is 1. The average Bonchev–Trinajstić information content (AvgIpc) is 2.95. The summed E-state index contributed by atoms with van der Waals surface area (Å²) in [5.41, 5.74) is 2.48. The maximum atomic E-state index is 12.2. The topological polar surface area (TPSA) is 58.9 Å². The molecule has 5 heteroatoms. The fourth-order valence-electron chi connectivity index (χ4n) is 1.90. The molecule has 0 saturated carbocycles. The van der Waals surface area contributed by atoms with E-state index in [1.165, 1.54) is 0 Å². The Labute approximate surface area is 119 Å². The summed E-state index contributed by atoms with van der Waals surface area (Å²) in [6.07, 6.45) is 3.34. The van der Waals surface area contributed by atoms with E-state index in [1.807, 2.05) is 31.2 Å². The summed E-state index contributed by atoms with van der Waals surface area (Å²) in [5.74, 6) is -0.131. The molecule has 0 spiro atoms. The summed E-state index contributed by atoms with van der Waals surface area (Å²) in [5, 5.41) is 10.3. The van der Waals surface area contributed by atoms with Crippen LogP contribution in [0.15, 0.2) is 36.7 Å². The lowest BCUT2D eigenvalue weighted by atomic mass is 10.1. The van der Waals surface area contributed by atoms with Crippen molar-refractivity contribution in [1.29, 1.82) is 0 Å². The molecule has 0 aliphatic heterocycles. The maximum absolute atomic E-state index is 12.2. The Morgan fingerprint density at radius 1 is 1.30 bits per heavy atom. The van der Waals surface area contributed by atoms with Gasteiger partial charge in [-0.25, -0.2) is 0 Å². The van der Waals surface area contributed by atoms with Gasteiger partial charge < -0.3 is 10.6 Å². The number of rotatable bonds is 6. The number of nitrogens with zero attached hydrogens (tertiary/aromatic N) is 2. The zero-order valence-electron chi connectivity index (χ0n) is 11.9. The van der Waals surface area contributed by atoms with Gasteiger partial charge in [0.15, 0.2) is 0 Å². The zero-order chi connectivity index (χ0) is 14.4. The second-order valence-corrected chi connectivity index (χ2v) is 4.48. The second-order valence-electron chi connectivity index (χ2n) is 4.48. The van der Waals surface area contributed by atoms with E-state index in [-0.39, 0.29) is 5.91 Å². The molecule has 1 amide bonds. The molecule has 5 nitrogen and oxygen atoms in total. The van der Waals surface area contributed by atoms with Crippen molar-refractivity contribution in [2.75, 3.05) is 11.9 Å². The molecule has 0 aliphatic carbocycles. The average molecular weight is 272 g/mol. The standard InChI is InChI=1S/C15H20N4O/c1-3-16-9-12-7-5-6-8-14(12)18-15(20)13-10-17-19(4-2)11-13/h5-8,10-11,16H,3-4,9H2,1-2H3,(H,18,20). The monoisotopic (exact) mass is 272 g/mol. The summed E-state index contributed by atoms with van der Waals surface area (Å²) < 4.78 is 1.74. The smallest absolute Gasteiger partial charge is 0.258 e. The van der Waals surface area contributed by atoms with Crippen molar-refractivity contribution < 1.29 is 4.79 Å². The van der Waals surface area contributed by atoms with Crippen molar-refractivity contribution in [2.45, 2.75) is 26.9 Å². The Hall–Kier alpha value is -2.14. The van der Waals surface area contributed by atoms with Crippen LogP contribution in [0.25, 0.3) is 0 Å². The Bertz CT molecular complexity index is 577. The lowest BCUT2D eigenvalue weighted by molar-refractivity contribution is 0.102. The molecule has 0 unspecified atom stereocenters. The van der Waals surface area contributed by atoms with Crippen LogP contribution in [0.1, 0.15) is 29.8 Å². The van der Waals surface area contributed by atoms with Crippen LogP contribution in [0.3, 0.4) is 0 Å². The number of nitrogens with one attached hydrogen (secondary N) is 2. The minimum Gasteiger partial charge on any atom is -0.322 e. The van der Waals surface area contributed by atoms with Crippen LogP contribution in [0.2, 0.25) is 0 Å². The number of hydrogen-bond acceptors (Lipinski definition) is 3. The van der Waals surface area contributed by atoms with Crippen molar-refractivity contribution in [1.82, 2.24) is 15.1 Å². The molecule has 2 N–H and O–H groups in total. The highest BCUT2D eigenvalue weighted by molar-refractivity contribution is 6.04. The number of aryl methyl sites for hydroxylation is 1. The number of aromatic nitrogens is 2. The number of amides is 1. The quantitative estimate of drug-likeness (QED) is 0.848. The zero-order valence-corrected chi connectivity index (χ0v) is 11.9. The van der Waals surface area contributed by atoms with Crippen LogP contribution in [-0.2, 0) is 13.1 Å². The molecule has 2 rings (SSSR count). The Kier molecular flexibility index (Phi) is 4.90. The second kappa shape index (κ2) is 6.86. The van der Waals surface area contributed by atoms with Crippen molar-refractivity contribution in [3.05, 3.63) is 47.8 Å². The number of para-hydroxylation sites is 1. The van der Waals surface area contributed by atoms with Crippen molar-refractivity contribution >= 4 is 11.6 Å². The lowest BCUT2D eigenvalue weighted by Gasteiger charge is -2.10. The fourth-order valence-corrected chi connectivity index (χ4v) is 1.90. The Morgan fingerprint density at radius 2 is 2.10 bits per heavy atom. The van der Waals surface area contributed by atoms with Gasteiger partial charge in [-0.3, -0.25) is 9.48 Å². The molecule has 106 valence electrons. The van der Waals surface area contributed by atoms with Crippen LogP contribution in [0, 0.1) is 0 Å². The van der Waals surface area contributed by atoms with Crippen LogP contribution in [0.5, 0.6) is 0 Å². The van der Waals surface area contributed by atoms with E-state index in [0.29, 0.717) is 5.56 Å². The molecule has 1 aromatic heterocycles. The first-order valence-corrected chi connectivity index (χ1v) is 6.87. The summed E-state index contributed by atoms with van der Waals surface area (Å²) in [6.45, 7) is 6.43. The third-order valence-corrected chi connectivity index (χ3v) is 3.05. The summed E-state index contributed by atoms with van der Waals surface area (Å²) in [4.78, 5) is 12.2. The predicted molar refractivity (Wildman–Crippen MR) is 79.7 cm³/mol. The first-order valence-electron chi connectivity index (χ1n) is 6.87. The van der Waals surface area contributed by atoms with E-state index in [9.17, 15) is 4.79 Å². The largest absolute Gasteiger partial charge is 0.322 e. The summed E-state index contributed by atoms with van der Waals surface area (Å²) in [6, 6.07) is 7.81. The van der Waals surface area contributed by atoms with E-state index in [4.69, 9.17) is 0 Å². The summed E-state index contributed by atoms with van der Waals surface area (Å²) >= 11 is 0. The van der Waals surface area contributed by atoms with E-state index in [0.717, 1.165) is 30.9 Å². The SMILES string of the molecule is CCNCc1ccccc1NC(=O)c1cnn(CC)c1. The Balaban J connectivity index is 2.10. The van der Waals surface area contributed by atoms with Gasteiger partial charge >= 0.3 is 0 Å². The van der Waals surface area contributed by atoms with Crippen LogP contribution in [0.4, 0.5) is 5.69 Å². The number of benzene rings is 1. The predicted octanol–water partition coefficient (Wildman–Crippen LogP) is 2.26. The highest BCUT2D eigenvalue weighted by atomic mass is 16.1. The normalized spacial score (nSPS) is 10.5. The highest BCUT2D eigenvalue weighted by Crippen LogP contribution is 2.16. The van der Waals surface area contributed by atoms with Crippen molar-refractivity contribution in [3.63, 3.8) is 0 Å². The highest BCUT2D eigenvalue weighted by Gasteiger charge is 2.10. The minimum absolute atomic E-state index is 0.131. The molecule has 20 heavy (non-hydrogen) atoms. The van der Waals surface area contributed by atoms with Gasteiger partial charge in [0.2, 0.25) is 0 Å². The third-order valence-electron chi connectivity index (χ3n) is 3.05. The number of carbonyl (C=O) groups excluding carboxylic acids is 1. The van der Waals surface area contributed by atoms with Crippen LogP contribution in [-0.4, -0.2) is 22.2 Å². The molecule has 1 heterocycles. The molecule has 0 atom stereocenters. The van der Waals surface area contributed by atoms with E-state index in [2.05, 4.69) is 22.7 Å². The molecule has 2 aromatic rings. The molecule has 0 bridgehead atoms. The maximum Gasteiger partial charge on any atom is 0.258 e.